The molecule has 214 valence electrons. The van der Waals surface area contributed by atoms with Crippen LogP contribution in [0.25, 0.3) is 10.8 Å². The van der Waals surface area contributed by atoms with Gasteiger partial charge in [0.1, 0.15) is 0 Å². The molecule has 2 saturated heterocycles. The molecular formula is C30H36BN5O4S. The first-order valence-electron chi connectivity index (χ1n) is 14.0. The minimum Gasteiger partial charge on any atom is -0.351 e. The number of hydrogen-bond acceptors (Lipinski definition) is 6. The van der Waals surface area contributed by atoms with Gasteiger partial charge >= 0.3 is 0 Å². The quantitative estimate of drug-likeness (QED) is 0.422. The number of piperidine rings is 1. The topological polar surface area (TPSA) is 102 Å². The van der Waals surface area contributed by atoms with Crippen molar-refractivity contribution in [3.8, 4) is 0 Å². The first-order valence-corrected chi connectivity index (χ1v) is 15.5. The van der Waals surface area contributed by atoms with E-state index in [9.17, 15) is 18.0 Å². The molecule has 3 aromatic carbocycles. The van der Waals surface area contributed by atoms with Gasteiger partial charge in [0.25, 0.3) is 5.91 Å². The van der Waals surface area contributed by atoms with Crippen LogP contribution in [0.3, 0.4) is 0 Å². The minimum absolute atomic E-state index is 0.0534. The highest BCUT2D eigenvalue weighted by Gasteiger charge is 2.33. The molecule has 2 radical (unpaired) electrons. The molecule has 11 heteroatoms. The summed E-state index contributed by atoms with van der Waals surface area (Å²) in [5, 5.41) is 4.12. The second-order valence-electron chi connectivity index (χ2n) is 11.1. The van der Waals surface area contributed by atoms with Crippen molar-refractivity contribution in [2.24, 2.45) is 5.92 Å². The maximum Gasteiger partial charge on any atom is 0.255 e. The molecule has 2 aliphatic rings. The number of likely N-dealkylation sites (tertiary alicyclic amines) is 1. The fourth-order valence-corrected chi connectivity index (χ4v) is 7.25. The SMILES string of the molecule is [B]N1CCN(CC(=O)N2CC[C@H](NS(=O)(=O)c3ccc(NC(=O)c4ccccc4C)c4ccccc34)[C@H](C)C2)CC1. The second-order valence-corrected chi connectivity index (χ2v) is 12.8. The Morgan fingerprint density at radius 2 is 1.61 bits per heavy atom. The van der Waals surface area contributed by atoms with Gasteiger partial charge in [0.05, 0.1) is 11.4 Å². The van der Waals surface area contributed by atoms with E-state index < -0.39 is 10.0 Å². The molecule has 2 heterocycles. The summed E-state index contributed by atoms with van der Waals surface area (Å²) >= 11 is 0. The Balaban J connectivity index is 1.28. The third kappa shape index (κ3) is 6.64. The summed E-state index contributed by atoms with van der Waals surface area (Å²) in [5.41, 5.74) is 1.96. The summed E-state index contributed by atoms with van der Waals surface area (Å²) in [6.45, 7) is 8.19. The van der Waals surface area contributed by atoms with Crippen LogP contribution in [0.1, 0.15) is 29.3 Å². The summed E-state index contributed by atoms with van der Waals surface area (Å²) in [6, 6.07) is 17.4. The molecule has 2 atom stereocenters. The van der Waals surface area contributed by atoms with Crippen LogP contribution in [0, 0.1) is 12.8 Å². The molecule has 2 amide bonds. The molecule has 41 heavy (non-hydrogen) atoms. The summed E-state index contributed by atoms with van der Waals surface area (Å²) in [7, 11) is 1.94. The van der Waals surface area contributed by atoms with Gasteiger partial charge in [0, 0.05) is 54.2 Å². The Hall–Kier alpha value is -3.25. The third-order valence-electron chi connectivity index (χ3n) is 8.14. The van der Waals surface area contributed by atoms with E-state index in [0.29, 0.717) is 48.1 Å². The van der Waals surface area contributed by atoms with Gasteiger partial charge in [0.2, 0.25) is 15.9 Å². The van der Waals surface area contributed by atoms with Gasteiger partial charge in [0.15, 0.2) is 7.98 Å². The van der Waals surface area contributed by atoms with E-state index in [1.165, 1.54) is 0 Å². The van der Waals surface area contributed by atoms with Crippen molar-refractivity contribution in [1.82, 2.24) is 19.3 Å². The van der Waals surface area contributed by atoms with Crippen LogP contribution in [-0.4, -0.2) is 94.7 Å². The second kappa shape index (κ2) is 12.3. The van der Waals surface area contributed by atoms with E-state index in [1.807, 2.05) is 49.1 Å². The van der Waals surface area contributed by atoms with Gasteiger partial charge in [-0.05, 0) is 56.1 Å². The summed E-state index contributed by atoms with van der Waals surface area (Å²) in [6.07, 6.45) is 0.533. The number of carbonyl (C=O) groups excluding carboxylic acids is 2. The molecule has 2 aliphatic heterocycles. The first kappa shape index (κ1) is 29.3. The Labute approximate surface area is 243 Å². The van der Waals surface area contributed by atoms with Crippen molar-refractivity contribution in [2.75, 3.05) is 51.1 Å². The monoisotopic (exact) mass is 573 g/mol. The Morgan fingerprint density at radius 1 is 0.927 bits per heavy atom. The first-order chi connectivity index (χ1) is 19.6. The maximum atomic E-state index is 13.7. The van der Waals surface area contributed by atoms with Gasteiger partial charge in [-0.15, -0.1) is 0 Å². The largest absolute Gasteiger partial charge is 0.351 e. The van der Waals surface area contributed by atoms with Crippen LogP contribution in [0.4, 0.5) is 5.69 Å². The van der Waals surface area contributed by atoms with E-state index in [4.69, 9.17) is 7.98 Å². The summed E-state index contributed by atoms with van der Waals surface area (Å²) in [4.78, 5) is 31.8. The highest BCUT2D eigenvalue weighted by atomic mass is 32.2. The molecule has 0 unspecified atom stereocenters. The molecule has 0 aliphatic carbocycles. The highest BCUT2D eigenvalue weighted by molar-refractivity contribution is 7.89. The van der Waals surface area contributed by atoms with Crippen molar-refractivity contribution < 1.29 is 18.0 Å². The molecule has 5 rings (SSSR count). The lowest BCUT2D eigenvalue weighted by Crippen LogP contribution is -2.54. The van der Waals surface area contributed by atoms with Crippen LogP contribution < -0.4 is 10.0 Å². The normalized spacial score (nSPS) is 20.7. The lowest BCUT2D eigenvalue weighted by atomic mass is 9.95. The molecule has 0 aromatic heterocycles. The average Bonchev–Trinajstić information content (AvgIpc) is 2.95. The Bertz CT molecular complexity index is 1540. The van der Waals surface area contributed by atoms with Crippen molar-refractivity contribution in [2.45, 2.75) is 31.2 Å². The number of hydrogen-bond donors (Lipinski definition) is 2. The number of carbonyl (C=O) groups is 2. The van der Waals surface area contributed by atoms with Crippen LogP contribution in [0.5, 0.6) is 0 Å². The van der Waals surface area contributed by atoms with E-state index >= 15 is 0 Å². The number of nitrogens with one attached hydrogen (secondary N) is 2. The van der Waals surface area contributed by atoms with Crippen LogP contribution in [-0.2, 0) is 14.8 Å². The maximum absolute atomic E-state index is 13.7. The average molecular weight is 574 g/mol. The predicted molar refractivity (Wildman–Crippen MR) is 161 cm³/mol. The fraction of sp³-hybridized carbons (Fsp3) is 0.400. The van der Waals surface area contributed by atoms with Crippen molar-refractivity contribution in [1.29, 1.82) is 0 Å². The third-order valence-corrected chi connectivity index (χ3v) is 9.69. The number of benzene rings is 3. The Morgan fingerprint density at radius 3 is 2.32 bits per heavy atom. The fourth-order valence-electron chi connectivity index (χ4n) is 5.65. The minimum atomic E-state index is -3.88. The number of aryl methyl sites for hydroxylation is 1. The number of rotatable bonds is 7. The van der Waals surface area contributed by atoms with Gasteiger partial charge in [-0.3, -0.25) is 14.5 Å². The van der Waals surface area contributed by atoms with Crippen LogP contribution >= 0.6 is 0 Å². The summed E-state index contributed by atoms with van der Waals surface area (Å²) in [5.74, 6) is -0.237. The number of amides is 2. The van der Waals surface area contributed by atoms with E-state index in [1.54, 1.807) is 35.1 Å². The standard InChI is InChI=1S/C30H36BN5O4S/c1-21-7-3-4-8-23(21)30(38)32-27-11-12-28(25-10-6-5-9-24(25)27)41(39,40)33-26-13-14-35(19-22(26)2)29(37)20-34-15-17-36(31)18-16-34/h3-12,22,26,33H,13-20H2,1-2H3,(H,32,38)/t22-,26+/m1/s1. The number of piperazine rings is 1. The number of fused-ring (bicyclic) bond motifs is 1. The predicted octanol–water partition coefficient (Wildman–Crippen LogP) is 2.62. The molecule has 0 saturated carbocycles. The Kier molecular flexibility index (Phi) is 8.79. The molecular weight excluding hydrogens is 537 g/mol. The van der Waals surface area contributed by atoms with Crippen molar-refractivity contribution in [3.63, 3.8) is 0 Å². The van der Waals surface area contributed by atoms with Crippen LogP contribution in [0.2, 0.25) is 0 Å². The molecule has 0 bridgehead atoms. The van der Waals surface area contributed by atoms with Gasteiger partial charge < -0.3 is 15.0 Å². The molecule has 2 fully saturated rings. The lowest BCUT2D eigenvalue weighted by Gasteiger charge is -2.39. The number of sulfonamides is 1. The molecule has 3 aromatic rings. The lowest BCUT2D eigenvalue weighted by molar-refractivity contribution is -0.134. The van der Waals surface area contributed by atoms with E-state index in [2.05, 4.69) is 14.9 Å². The summed E-state index contributed by atoms with van der Waals surface area (Å²) < 4.78 is 30.2. The van der Waals surface area contributed by atoms with Crippen molar-refractivity contribution >= 4 is 46.3 Å². The highest BCUT2D eigenvalue weighted by Crippen LogP contribution is 2.31. The molecule has 2 N–H and O–H groups in total. The van der Waals surface area contributed by atoms with E-state index in [-0.39, 0.29) is 28.7 Å². The van der Waals surface area contributed by atoms with Gasteiger partial charge in [-0.1, -0.05) is 49.4 Å². The van der Waals surface area contributed by atoms with Gasteiger partial charge in [-0.25, -0.2) is 13.1 Å². The zero-order chi connectivity index (χ0) is 29.1. The molecule has 0 spiro atoms. The number of anilines is 1. The van der Waals surface area contributed by atoms with Crippen LogP contribution in [0.15, 0.2) is 65.6 Å². The van der Waals surface area contributed by atoms with E-state index in [0.717, 1.165) is 31.7 Å². The number of nitrogens with zero attached hydrogens (tertiary/aromatic N) is 3. The van der Waals surface area contributed by atoms with Gasteiger partial charge in [-0.2, -0.15) is 0 Å². The zero-order valence-corrected chi connectivity index (χ0v) is 24.4. The zero-order valence-electron chi connectivity index (χ0n) is 23.5. The molecule has 9 nitrogen and oxygen atoms in total. The smallest absolute Gasteiger partial charge is 0.255 e. The van der Waals surface area contributed by atoms with Crippen molar-refractivity contribution in [3.05, 3.63) is 71.8 Å².